The summed E-state index contributed by atoms with van der Waals surface area (Å²) in [5.74, 6) is 1.04. The molecule has 1 amide bonds. The van der Waals surface area contributed by atoms with Gasteiger partial charge in [-0.2, -0.15) is 0 Å². The van der Waals surface area contributed by atoms with Crippen LogP contribution in [-0.4, -0.2) is 70.4 Å². The summed E-state index contributed by atoms with van der Waals surface area (Å²) < 4.78 is 0. The van der Waals surface area contributed by atoms with Gasteiger partial charge in [-0.25, -0.2) is 4.98 Å². The number of carbonyl (C=O) groups is 1. The van der Waals surface area contributed by atoms with Crippen LogP contribution in [0.1, 0.15) is 18.5 Å². The van der Waals surface area contributed by atoms with Crippen LogP contribution in [0.3, 0.4) is 0 Å². The first kappa shape index (κ1) is 17.3. The smallest absolute Gasteiger partial charge is 0.236 e. The predicted molar refractivity (Wildman–Crippen MR) is 96.1 cm³/mol. The molecule has 1 aliphatic heterocycles. The number of pyridine rings is 1. The zero-order valence-electron chi connectivity index (χ0n) is 14.7. The lowest BCUT2D eigenvalue weighted by atomic mass is 10.1. The van der Waals surface area contributed by atoms with Crippen molar-refractivity contribution < 1.29 is 4.79 Å². The SMILES string of the molecule is C[C@@H](c1ccncc1)N(C)CC(=O)N1CCN(c2cnccn2)CC1. The number of amides is 1. The summed E-state index contributed by atoms with van der Waals surface area (Å²) in [6, 6.07) is 4.16. The molecule has 2 aromatic heterocycles. The van der Waals surface area contributed by atoms with Crippen molar-refractivity contribution in [1.29, 1.82) is 0 Å². The molecule has 7 heteroatoms. The van der Waals surface area contributed by atoms with E-state index in [1.807, 2.05) is 24.1 Å². The first-order valence-corrected chi connectivity index (χ1v) is 8.54. The molecule has 0 unspecified atom stereocenters. The van der Waals surface area contributed by atoms with Gasteiger partial charge in [0.1, 0.15) is 5.82 Å². The second kappa shape index (κ2) is 8.02. The Morgan fingerprint density at radius 1 is 1.12 bits per heavy atom. The van der Waals surface area contributed by atoms with Crippen molar-refractivity contribution in [3.05, 3.63) is 48.7 Å². The fourth-order valence-electron chi connectivity index (χ4n) is 2.99. The number of aromatic nitrogens is 3. The third kappa shape index (κ3) is 4.30. The van der Waals surface area contributed by atoms with Crippen molar-refractivity contribution in [2.24, 2.45) is 0 Å². The molecule has 0 saturated carbocycles. The Morgan fingerprint density at radius 3 is 2.48 bits per heavy atom. The third-order valence-electron chi connectivity index (χ3n) is 4.74. The molecule has 2 aromatic rings. The number of likely N-dealkylation sites (N-methyl/N-ethyl adjacent to an activating group) is 1. The fourth-order valence-corrected chi connectivity index (χ4v) is 2.99. The fraction of sp³-hybridized carbons (Fsp3) is 0.444. The van der Waals surface area contributed by atoms with E-state index in [-0.39, 0.29) is 11.9 Å². The Bertz CT molecular complexity index is 672. The van der Waals surface area contributed by atoms with Gasteiger partial charge >= 0.3 is 0 Å². The lowest BCUT2D eigenvalue weighted by Crippen LogP contribution is -2.51. The maximum Gasteiger partial charge on any atom is 0.236 e. The molecule has 3 heterocycles. The molecule has 1 saturated heterocycles. The Kier molecular flexibility index (Phi) is 5.55. The van der Waals surface area contributed by atoms with Crippen LogP contribution in [0.2, 0.25) is 0 Å². The number of hydrogen-bond donors (Lipinski definition) is 0. The van der Waals surface area contributed by atoms with Crippen LogP contribution >= 0.6 is 0 Å². The first-order chi connectivity index (χ1) is 12.1. The molecule has 1 atom stereocenters. The molecule has 0 aromatic carbocycles. The normalized spacial score (nSPS) is 16.1. The Morgan fingerprint density at radius 2 is 1.84 bits per heavy atom. The van der Waals surface area contributed by atoms with Gasteiger partial charge in [0.15, 0.2) is 0 Å². The Balaban J connectivity index is 1.51. The van der Waals surface area contributed by atoms with E-state index in [0.717, 1.165) is 24.5 Å². The highest BCUT2D eigenvalue weighted by atomic mass is 16.2. The summed E-state index contributed by atoms with van der Waals surface area (Å²) in [5.41, 5.74) is 1.16. The Labute approximate surface area is 148 Å². The predicted octanol–water partition coefficient (Wildman–Crippen LogP) is 1.21. The zero-order valence-corrected chi connectivity index (χ0v) is 14.7. The van der Waals surface area contributed by atoms with Crippen LogP contribution in [0.25, 0.3) is 0 Å². The van der Waals surface area contributed by atoms with Crippen molar-refractivity contribution in [2.75, 3.05) is 44.7 Å². The Hall–Kier alpha value is -2.54. The minimum atomic E-state index is 0.169. The third-order valence-corrected chi connectivity index (χ3v) is 4.74. The molecule has 1 aliphatic rings. The highest BCUT2D eigenvalue weighted by molar-refractivity contribution is 5.78. The summed E-state index contributed by atoms with van der Waals surface area (Å²) in [7, 11) is 1.98. The van der Waals surface area contributed by atoms with Crippen molar-refractivity contribution in [1.82, 2.24) is 24.8 Å². The number of anilines is 1. The van der Waals surface area contributed by atoms with Crippen LogP contribution in [-0.2, 0) is 4.79 Å². The monoisotopic (exact) mass is 340 g/mol. The molecule has 3 rings (SSSR count). The largest absolute Gasteiger partial charge is 0.352 e. The molecule has 7 nitrogen and oxygen atoms in total. The van der Waals surface area contributed by atoms with Crippen molar-refractivity contribution in [3.63, 3.8) is 0 Å². The van der Waals surface area contributed by atoms with Crippen LogP contribution in [0, 0.1) is 0 Å². The van der Waals surface area contributed by atoms with Crippen LogP contribution < -0.4 is 4.90 Å². The van der Waals surface area contributed by atoms with Crippen LogP contribution in [0.5, 0.6) is 0 Å². The van der Waals surface area contributed by atoms with E-state index in [0.29, 0.717) is 19.6 Å². The molecule has 1 fully saturated rings. The molecule has 132 valence electrons. The second-order valence-electron chi connectivity index (χ2n) is 6.30. The van der Waals surface area contributed by atoms with E-state index in [1.165, 1.54) is 0 Å². The van der Waals surface area contributed by atoms with E-state index in [9.17, 15) is 4.79 Å². The van der Waals surface area contributed by atoms with E-state index in [4.69, 9.17) is 0 Å². The van der Waals surface area contributed by atoms with Gasteiger partial charge in [0, 0.05) is 57.0 Å². The van der Waals surface area contributed by atoms with Gasteiger partial charge in [-0.3, -0.25) is 19.7 Å². The standard InChI is InChI=1S/C18H24N6O/c1-15(16-3-5-19-6-4-16)22(2)14-18(25)24-11-9-23(10-12-24)17-13-20-7-8-21-17/h3-8,13,15H,9-12,14H2,1-2H3/t15-/m0/s1. The summed E-state index contributed by atoms with van der Waals surface area (Å²) >= 11 is 0. The van der Waals surface area contributed by atoms with E-state index >= 15 is 0 Å². The summed E-state index contributed by atoms with van der Waals surface area (Å²) in [6.07, 6.45) is 8.70. The second-order valence-corrected chi connectivity index (χ2v) is 6.30. The summed E-state index contributed by atoms with van der Waals surface area (Å²) in [5, 5.41) is 0. The maximum absolute atomic E-state index is 12.6. The number of carbonyl (C=O) groups excluding carboxylic acids is 1. The highest BCUT2D eigenvalue weighted by Crippen LogP contribution is 2.18. The minimum absolute atomic E-state index is 0.169. The summed E-state index contributed by atoms with van der Waals surface area (Å²) in [6.45, 7) is 5.52. The van der Waals surface area contributed by atoms with Gasteiger partial charge in [0.2, 0.25) is 5.91 Å². The maximum atomic E-state index is 12.6. The van der Waals surface area contributed by atoms with Crippen LogP contribution in [0.4, 0.5) is 5.82 Å². The number of hydrogen-bond acceptors (Lipinski definition) is 6. The first-order valence-electron chi connectivity index (χ1n) is 8.54. The van der Waals surface area contributed by atoms with Gasteiger partial charge in [-0.15, -0.1) is 0 Å². The van der Waals surface area contributed by atoms with Gasteiger partial charge in [0.25, 0.3) is 0 Å². The lowest BCUT2D eigenvalue weighted by molar-refractivity contribution is -0.132. The van der Waals surface area contributed by atoms with Gasteiger partial charge < -0.3 is 9.80 Å². The minimum Gasteiger partial charge on any atom is -0.352 e. The van der Waals surface area contributed by atoms with E-state index in [2.05, 4.69) is 31.7 Å². The number of nitrogens with zero attached hydrogens (tertiary/aromatic N) is 6. The molecule has 0 N–H and O–H groups in total. The van der Waals surface area contributed by atoms with Gasteiger partial charge in [-0.1, -0.05) is 0 Å². The average molecular weight is 340 g/mol. The molecular formula is C18H24N6O. The number of piperazine rings is 1. The molecular weight excluding hydrogens is 316 g/mol. The molecule has 25 heavy (non-hydrogen) atoms. The number of rotatable bonds is 5. The van der Waals surface area contributed by atoms with Gasteiger partial charge in [0.05, 0.1) is 12.7 Å². The molecule has 0 aliphatic carbocycles. The highest BCUT2D eigenvalue weighted by Gasteiger charge is 2.24. The summed E-state index contributed by atoms with van der Waals surface area (Å²) in [4.78, 5) is 31.3. The quantitative estimate of drug-likeness (QED) is 0.815. The average Bonchev–Trinajstić information content (AvgIpc) is 2.68. The zero-order chi connectivity index (χ0) is 17.6. The topological polar surface area (TPSA) is 65.5 Å². The molecule has 0 bridgehead atoms. The van der Waals surface area contributed by atoms with Crippen molar-refractivity contribution >= 4 is 11.7 Å². The molecule has 0 radical (unpaired) electrons. The van der Waals surface area contributed by atoms with Crippen molar-refractivity contribution in [2.45, 2.75) is 13.0 Å². The van der Waals surface area contributed by atoms with Crippen LogP contribution in [0.15, 0.2) is 43.1 Å². The van der Waals surface area contributed by atoms with E-state index in [1.54, 1.807) is 31.0 Å². The lowest BCUT2D eigenvalue weighted by Gasteiger charge is -2.36. The molecule has 0 spiro atoms. The van der Waals surface area contributed by atoms with Crippen molar-refractivity contribution in [3.8, 4) is 0 Å². The van der Waals surface area contributed by atoms with Gasteiger partial charge in [-0.05, 0) is 31.7 Å². The van der Waals surface area contributed by atoms with E-state index < -0.39 is 0 Å².